The van der Waals surface area contributed by atoms with E-state index in [0.717, 1.165) is 0 Å². The van der Waals surface area contributed by atoms with Crippen molar-refractivity contribution >= 4 is 0 Å². The zero-order chi connectivity index (χ0) is 11.4. The SMILES string of the molecule is NCC1CN(C(F)c2ccccc2)CCO1. The molecule has 0 bridgehead atoms. The molecule has 0 saturated carbocycles. The standard InChI is InChI=1S/C12H17FN2O/c13-12(10-4-2-1-3-5-10)15-6-7-16-11(8-14)9-15/h1-5,11-12H,6-9,14H2. The summed E-state index contributed by atoms with van der Waals surface area (Å²) in [6, 6.07) is 9.19. The maximum absolute atomic E-state index is 14.2. The Morgan fingerprint density at radius 1 is 1.44 bits per heavy atom. The van der Waals surface area contributed by atoms with E-state index in [9.17, 15) is 4.39 Å². The summed E-state index contributed by atoms with van der Waals surface area (Å²) in [5, 5.41) is 0. The Hall–Kier alpha value is -0.970. The summed E-state index contributed by atoms with van der Waals surface area (Å²) in [6.45, 7) is 2.17. The van der Waals surface area contributed by atoms with Crippen molar-refractivity contribution in [3.63, 3.8) is 0 Å². The molecule has 0 amide bonds. The second kappa shape index (κ2) is 5.39. The largest absolute Gasteiger partial charge is 0.374 e. The minimum absolute atomic E-state index is 0.0456. The molecule has 1 saturated heterocycles. The van der Waals surface area contributed by atoms with Crippen molar-refractivity contribution in [1.82, 2.24) is 4.90 Å². The van der Waals surface area contributed by atoms with Crippen LogP contribution in [-0.4, -0.2) is 37.2 Å². The highest BCUT2D eigenvalue weighted by Gasteiger charge is 2.26. The molecule has 2 atom stereocenters. The smallest absolute Gasteiger partial charge is 0.179 e. The molecular formula is C12H17FN2O. The lowest BCUT2D eigenvalue weighted by atomic mass is 10.1. The van der Waals surface area contributed by atoms with Gasteiger partial charge in [-0.05, 0) is 0 Å². The first kappa shape index (κ1) is 11.5. The Labute approximate surface area is 95.0 Å². The highest BCUT2D eigenvalue weighted by molar-refractivity contribution is 5.17. The Morgan fingerprint density at radius 3 is 2.88 bits per heavy atom. The fourth-order valence-electron chi connectivity index (χ4n) is 1.91. The number of nitrogens with zero attached hydrogens (tertiary/aromatic N) is 1. The minimum Gasteiger partial charge on any atom is -0.374 e. The van der Waals surface area contributed by atoms with Crippen LogP contribution in [0, 0.1) is 0 Å². The molecule has 2 N–H and O–H groups in total. The normalized spacial score (nSPS) is 24.2. The molecular weight excluding hydrogens is 207 g/mol. The molecule has 1 aromatic carbocycles. The van der Waals surface area contributed by atoms with E-state index < -0.39 is 6.30 Å². The van der Waals surface area contributed by atoms with Crippen molar-refractivity contribution in [2.24, 2.45) is 5.73 Å². The van der Waals surface area contributed by atoms with Crippen LogP contribution < -0.4 is 5.73 Å². The average Bonchev–Trinajstić information content (AvgIpc) is 2.39. The van der Waals surface area contributed by atoms with Gasteiger partial charge in [-0.1, -0.05) is 30.3 Å². The lowest BCUT2D eigenvalue weighted by molar-refractivity contribution is -0.0649. The molecule has 4 heteroatoms. The first-order chi connectivity index (χ1) is 7.81. The van der Waals surface area contributed by atoms with Gasteiger partial charge < -0.3 is 10.5 Å². The molecule has 2 unspecified atom stereocenters. The third-order valence-electron chi connectivity index (χ3n) is 2.83. The van der Waals surface area contributed by atoms with Crippen LogP contribution in [0.15, 0.2) is 30.3 Å². The summed E-state index contributed by atoms with van der Waals surface area (Å²) in [5.74, 6) is 0. The third kappa shape index (κ3) is 2.58. The van der Waals surface area contributed by atoms with Crippen LogP contribution in [0.4, 0.5) is 4.39 Å². The van der Waals surface area contributed by atoms with E-state index >= 15 is 0 Å². The molecule has 1 aromatic rings. The predicted molar refractivity (Wildman–Crippen MR) is 60.7 cm³/mol. The summed E-state index contributed by atoms with van der Waals surface area (Å²) in [4.78, 5) is 1.77. The number of rotatable bonds is 3. The van der Waals surface area contributed by atoms with E-state index in [1.54, 1.807) is 17.0 Å². The fraction of sp³-hybridized carbons (Fsp3) is 0.500. The minimum atomic E-state index is -1.06. The number of benzene rings is 1. The first-order valence-electron chi connectivity index (χ1n) is 5.56. The van der Waals surface area contributed by atoms with E-state index in [1.807, 2.05) is 18.2 Å². The third-order valence-corrected chi connectivity index (χ3v) is 2.83. The molecule has 0 aromatic heterocycles. The van der Waals surface area contributed by atoms with E-state index in [0.29, 0.717) is 31.8 Å². The van der Waals surface area contributed by atoms with Crippen molar-refractivity contribution < 1.29 is 9.13 Å². The Morgan fingerprint density at radius 2 is 2.19 bits per heavy atom. The van der Waals surface area contributed by atoms with Crippen molar-refractivity contribution in [2.75, 3.05) is 26.2 Å². The Kier molecular flexibility index (Phi) is 3.88. The maximum atomic E-state index is 14.2. The predicted octanol–water partition coefficient (Wildman–Crippen LogP) is 1.31. The zero-order valence-corrected chi connectivity index (χ0v) is 9.18. The van der Waals surface area contributed by atoms with Crippen LogP contribution in [0.1, 0.15) is 11.9 Å². The van der Waals surface area contributed by atoms with Gasteiger partial charge in [-0.3, -0.25) is 4.90 Å². The highest BCUT2D eigenvalue weighted by atomic mass is 19.1. The van der Waals surface area contributed by atoms with Gasteiger partial charge in [-0.2, -0.15) is 0 Å². The number of ether oxygens (including phenoxy) is 1. The number of alkyl halides is 1. The highest BCUT2D eigenvalue weighted by Crippen LogP contribution is 2.23. The van der Waals surface area contributed by atoms with Gasteiger partial charge in [0.05, 0.1) is 12.7 Å². The van der Waals surface area contributed by atoms with Gasteiger partial charge in [0, 0.05) is 25.2 Å². The average molecular weight is 224 g/mol. The molecule has 1 aliphatic rings. The molecule has 0 spiro atoms. The molecule has 88 valence electrons. The van der Waals surface area contributed by atoms with Gasteiger partial charge >= 0.3 is 0 Å². The van der Waals surface area contributed by atoms with Crippen LogP contribution >= 0.6 is 0 Å². The monoisotopic (exact) mass is 224 g/mol. The molecule has 2 rings (SSSR count). The van der Waals surface area contributed by atoms with Gasteiger partial charge in [0.1, 0.15) is 0 Å². The van der Waals surface area contributed by atoms with Crippen LogP contribution in [-0.2, 0) is 4.74 Å². The Bertz CT molecular complexity index is 320. The van der Waals surface area contributed by atoms with E-state index in [2.05, 4.69) is 0 Å². The van der Waals surface area contributed by atoms with Gasteiger partial charge in [0.2, 0.25) is 0 Å². The Balaban J connectivity index is 2.01. The first-order valence-corrected chi connectivity index (χ1v) is 5.56. The molecule has 0 aliphatic carbocycles. The number of hydrogen-bond acceptors (Lipinski definition) is 3. The van der Waals surface area contributed by atoms with E-state index in [1.165, 1.54) is 0 Å². The van der Waals surface area contributed by atoms with Crippen molar-refractivity contribution in [3.05, 3.63) is 35.9 Å². The molecule has 1 aliphatic heterocycles. The van der Waals surface area contributed by atoms with E-state index in [-0.39, 0.29) is 6.10 Å². The van der Waals surface area contributed by atoms with Gasteiger partial charge in [-0.15, -0.1) is 0 Å². The summed E-state index contributed by atoms with van der Waals surface area (Å²) >= 11 is 0. The number of hydrogen-bond donors (Lipinski definition) is 1. The summed E-state index contributed by atoms with van der Waals surface area (Å²) < 4.78 is 19.6. The van der Waals surface area contributed by atoms with Gasteiger partial charge in [-0.25, -0.2) is 4.39 Å². The topological polar surface area (TPSA) is 38.5 Å². The summed E-state index contributed by atoms with van der Waals surface area (Å²) in [5.41, 5.74) is 6.22. The molecule has 1 fully saturated rings. The summed E-state index contributed by atoms with van der Waals surface area (Å²) in [6.07, 6.45) is -1.10. The lowest BCUT2D eigenvalue weighted by Crippen LogP contribution is -2.46. The maximum Gasteiger partial charge on any atom is 0.179 e. The number of morpholine rings is 1. The van der Waals surface area contributed by atoms with Crippen LogP contribution in [0.2, 0.25) is 0 Å². The van der Waals surface area contributed by atoms with Crippen molar-refractivity contribution in [2.45, 2.75) is 12.4 Å². The van der Waals surface area contributed by atoms with Crippen LogP contribution in [0.25, 0.3) is 0 Å². The van der Waals surface area contributed by atoms with Crippen molar-refractivity contribution in [3.8, 4) is 0 Å². The lowest BCUT2D eigenvalue weighted by Gasteiger charge is -2.34. The molecule has 3 nitrogen and oxygen atoms in total. The molecule has 1 heterocycles. The van der Waals surface area contributed by atoms with Crippen LogP contribution in [0.5, 0.6) is 0 Å². The quantitative estimate of drug-likeness (QED) is 0.787. The number of nitrogens with two attached hydrogens (primary N) is 1. The molecule has 0 radical (unpaired) electrons. The number of halogens is 1. The van der Waals surface area contributed by atoms with Crippen molar-refractivity contribution in [1.29, 1.82) is 0 Å². The second-order valence-corrected chi connectivity index (χ2v) is 3.97. The van der Waals surface area contributed by atoms with E-state index in [4.69, 9.17) is 10.5 Å². The zero-order valence-electron chi connectivity index (χ0n) is 9.18. The fourth-order valence-corrected chi connectivity index (χ4v) is 1.91. The summed E-state index contributed by atoms with van der Waals surface area (Å²) in [7, 11) is 0. The second-order valence-electron chi connectivity index (χ2n) is 3.97. The van der Waals surface area contributed by atoms with Gasteiger partial charge in [0.15, 0.2) is 6.30 Å². The van der Waals surface area contributed by atoms with Crippen LogP contribution in [0.3, 0.4) is 0 Å². The molecule has 16 heavy (non-hydrogen) atoms. The van der Waals surface area contributed by atoms with Gasteiger partial charge in [0.25, 0.3) is 0 Å².